The molecule has 32 heavy (non-hydrogen) atoms. The van der Waals surface area contributed by atoms with Crippen LogP contribution >= 0.6 is 0 Å². The van der Waals surface area contributed by atoms with Crippen molar-refractivity contribution in [1.29, 1.82) is 0 Å². The average Bonchev–Trinajstić information content (AvgIpc) is 2.65. The second kappa shape index (κ2) is 8.24. The molecule has 3 rings (SSSR count). The Hall–Kier alpha value is -2.30. The third-order valence-corrected chi connectivity index (χ3v) is 7.03. The van der Waals surface area contributed by atoms with E-state index in [4.69, 9.17) is 9.47 Å². The first kappa shape index (κ1) is 24.3. The van der Waals surface area contributed by atoms with Gasteiger partial charge in [0.05, 0.1) is 5.41 Å². The molecule has 0 bridgehead atoms. The summed E-state index contributed by atoms with van der Waals surface area (Å²) in [5.41, 5.74) is 1.07. The predicted molar refractivity (Wildman–Crippen MR) is 125 cm³/mol. The van der Waals surface area contributed by atoms with Crippen molar-refractivity contribution in [3.8, 4) is 11.5 Å². The maximum absolute atomic E-state index is 12.9. The Morgan fingerprint density at radius 2 is 1.84 bits per heavy atom. The lowest BCUT2D eigenvalue weighted by Crippen LogP contribution is -2.46. The van der Waals surface area contributed by atoms with Gasteiger partial charge in [-0.1, -0.05) is 33.3 Å². The molecule has 1 aromatic rings. The summed E-state index contributed by atoms with van der Waals surface area (Å²) in [5, 5.41) is 9.65. The molecule has 0 aromatic heterocycles. The fourth-order valence-corrected chi connectivity index (χ4v) is 5.05. The van der Waals surface area contributed by atoms with Crippen molar-refractivity contribution in [1.82, 2.24) is 0 Å². The summed E-state index contributed by atoms with van der Waals surface area (Å²) < 4.78 is 12.6. The Labute approximate surface area is 192 Å². The van der Waals surface area contributed by atoms with Gasteiger partial charge < -0.3 is 14.6 Å². The number of allylic oxidation sites excluding steroid dienone is 1. The van der Waals surface area contributed by atoms with Crippen LogP contribution in [0, 0.1) is 11.3 Å². The quantitative estimate of drug-likeness (QED) is 0.422. The van der Waals surface area contributed by atoms with E-state index in [1.54, 1.807) is 0 Å². The molecule has 176 valence electrons. The van der Waals surface area contributed by atoms with E-state index in [9.17, 15) is 14.7 Å². The summed E-state index contributed by atoms with van der Waals surface area (Å²) >= 11 is 0. The molecule has 0 amide bonds. The molecule has 5 nitrogen and oxygen atoms in total. The van der Waals surface area contributed by atoms with E-state index >= 15 is 0 Å². The molecule has 2 aliphatic rings. The van der Waals surface area contributed by atoms with Gasteiger partial charge in [0.15, 0.2) is 0 Å². The summed E-state index contributed by atoms with van der Waals surface area (Å²) in [6.45, 7) is 16.2. The maximum atomic E-state index is 12.9. The number of carboxylic acids is 1. The number of hydrogen-bond acceptors (Lipinski definition) is 4. The van der Waals surface area contributed by atoms with Gasteiger partial charge in [-0.15, -0.1) is 0 Å². The summed E-state index contributed by atoms with van der Waals surface area (Å²) in [4.78, 5) is 24.7. The van der Waals surface area contributed by atoms with Crippen LogP contribution in [0.1, 0.15) is 98.1 Å². The topological polar surface area (TPSA) is 72.8 Å². The highest BCUT2D eigenvalue weighted by Crippen LogP contribution is 2.55. The molecule has 2 atom stereocenters. The van der Waals surface area contributed by atoms with Crippen molar-refractivity contribution in [2.24, 2.45) is 11.3 Å². The van der Waals surface area contributed by atoms with Crippen LogP contribution in [0.3, 0.4) is 0 Å². The molecule has 1 heterocycles. The first-order chi connectivity index (χ1) is 14.7. The zero-order valence-electron chi connectivity index (χ0n) is 20.8. The molecule has 0 saturated carbocycles. The predicted octanol–water partition coefficient (Wildman–Crippen LogP) is 6.39. The number of carboxylic acid groups (broad SMARTS) is 1. The molecule has 1 aromatic carbocycles. The highest BCUT2D eigenvalue weighted by atomic mass is 16.5. The van der Waals surface area contributed by atoms with E-state index in [0.717, 1.165) is 24.0 Å². The fourth-order valence-electron chi connectivity index (χ4n) is 5.05. The van der Waals surface area contributed by atoms with Crippen LogP contribution in [-0.2, 0) is 15.0 Å². The average molecular weight is 443 g/mol. The second-order valence-corrected chi connectivity index (χ2v) is 11.6. The number of benzene rings is 1. The molecular formula is C27H38O5. The van der Waals surface area contributed by atoms with Crippen molar-refractivity contribution >= 4 is 11.9 Å². The zero-order valence-corrected chi connectivity index (χ0v) is 20.8. The maximum Gasteiger partial charge on any atom is 0.331 e. The summed E-state index contributed by atoms with van der Waals surface area (Å²) in [7, 11) is 0. The lowest BCUT2D eigenvalue weighted by atomic mass is 9.66. The van der Waals surface area contributed by atoms with Crippen LogP contribution < -0.4 is 9.47 Å². The Morgan fingerprint density at radius 1 is 1.19 bits per heavy atom. The first-order valence-corrected chi connectivity index (χ1v) is 11.7. The third-order valence-electron chi connectivity index (χ3n) is 7.03. The fraction of sp³-hybridized carbons (Fsp3) is 0.630. The Balaban J connectivity index is 2.21. The van der Waals surface area contributed by atoms with E-state index in [-0.39, 0.29) is 23.2 Å². The van der Waals surface area contributed by atoms with Crippen LogP contribution in [0.15, 0.2) is 23.8 Å². The van der Waals surface area contributed by atoms with Crippen LogP contribution in [0.5, 0.6) is 11.5 Å². The molecule has 0 fully saturated rings. The monoisotopic (exact) mass is 442 g/mol. The standard InChI is InChI=1S/C27H38O5/c1-9-12-26(5,6)17-14-20(31-24(30)25(2,3)4)22-18-13-16(23(28)29)10-11-19(18)27(7,8)32-21(22)15-17/h10,14-15,18-19H,9,11-13H2,1-8H3,(H,28,29)/t18-,19-/m1/s1. The Kier molecular flexibility index (Phi) is 6.27. The summed E-state index contributed by atoms with van der Waals surface area (Å²) in [5.74, 6) is 0.0373. The largest absolute Gasteiger partial charge is 0.487 e. The van der Waals surface area contributed by atoms with E-state index in [2.05, 4.69) is 40.7 Å². The van der Waals surface area contributed by atoms with Crippen LogP contribution in [-0.4, -0.2) is 22.6 Å². The number of ether oxygens (including phenoxy) is 2. The number of hydrogen-bond donors (Lipinski definition) is 1. The molecule has 1 aliphatic carbocycles. The van der Waals surface area contributed by atoms with Gasteiger partial charge in [-0.3, -0.25) is 4.79 Å². The highest BCUT2D eigenvalue weighted by Gasteiger charge is 2.47. The van der Waals surface area contributed by atoms with Gasteiger partial charge in [-0.25, -0.2) is 4.79 Å². The van der Waals surface area contributed by atoms with Crippen LogP contribution in [0.25, 0.3) is 0 Å². The zero-order chi connectivity index (χ0) is 24.1. The lowest BCUT2D eigenvalue weighted by molar-refractivity contribution is -0.143. The number of fused-ring (bicyclic) bond motifs is 3. The van der Waals surface area contributed by atoms with Gasteiger partial charge >= 0.3 is 11.9 Å². The first-order valence-electron chi connectivity index (χ1n) is 11.7. The SMILES string of the molecule is CCCC(C)(C)c1cc(OC(=O)C(C)(C)C)c2c(c1)OC(C)(C)[C@@H]1CC=C(C(=O)O)C[C@@H]21. The van der Waals surface area contributed by atoms with Gasteiger partial charge in [-0.2, -0.15) is 0 Å². The molecule has 0 spiro atoms. The van der Waals surface area contributed by atoms with Gasteiger partial charge in [0.25, 0.3) is 0 Å². The smallest absolute Gasteiger partial charge is 0.331 e. The number of rotatable bonds is 5. The van der Waals surface area contributed by atoms with Gasteiger partial charge in [0.1, 0.15) is 17.1 Å². The normalized spacial score (nSPS) is 22.2. The van der Waals surface area contributed by atoms with Crippen LogP contribution in [0.4, 0.5) is 0 Å². The Bertz CT molecular complexity index is 946. The van der Waals surface area contributed by atoms with E-state index in [1.807, 2.05) is 32.9 Å². The van der Waals surface area contributed by atoms with Gasteiger partial charge in [0, 0.05) is 23.0 Å². The minimum atomic E-state index is -0.886. The summed E-state index contributed by atoms with van der Waals surface area (Å²) in [6, 6.07) is 4.06. The molecule has 5 heteroatoms. The third kappa shape index (κ3) is 4.57. The van der Waals surface area contributed by atoms with Crippen molar-refractivity contribution in [2.45, 2.75) is 98.0 Å². The molecule has 0 saturated heterocycles. The molecule has 1 N–H and O–H groups in total. The molecule has 0 radical (unpaired) electrons. The van der Waals surface area contributed by atoms with E-state index in [0.29, 0.717) is 29.9 Å². The molecule has 1 aliphatic heterocycles. The van der Waals surface area contributed by atoms with Crippen molar-refractivity contribution in [3.05, 3.63) is 34.9 Å². The lowest BCUT2D eigenvalue weighted by Gasteiger charge is -2.47. The van der Waals surface area contributed by atoms with E-state index in [1.165, 1.54) is 0 Å². The number of esters is 1. The highest BCUT2D eigenvalue weighted by molar-refractivity contribution is 5.87. The molecular weight excluding hydrogens is 404 g/mol. The van der Waals surface area contributed by atoms with E-state index < -0.39 is 17.0 Å². The number of carbonyl (C=O) groups is 2. The van der Waals surface area contributed by atoms with Crippen molar-refractivity contribution < 1.29 is 24.2 Å². The number of carbonyl (C=O) groups excluding carboxylic acids is 1. The second-order valence-electron chi connectivity index (χ2n) is 11.6. The summed E-state index contributed by atoms with van der Waals surface area (Å²) in [6.07, 6.45) is 4.86. The van der Waals surface area contributed by atoms with Crippen LogP contribution in [0.2, 0.25) is 0 Å². The van der Waals surface area contributed by atoms with Gasteiger partial charge in [-0.05, 0) is 77.0 Å². The van der Waals surface area contributed by atoms with Gasteiger partial charge in [0.2, 0.25) is 0 Å². The van der Waals surface area contributed by atoms with Crippen molar-refractivity contribution in [2.75, 3.05) is 0 Å². The molecule has 0 unspecified atom stereocenters. The minimum absolute atomic E-state index is 0.0871. The number of aliphatic carboxylic acids is 1. The minimum Gasteiger partial charge on any atom is -0.487 e. The Morgan fingerprint density at radius 3 is 2.41 bits per heavy atom. The van der Waals surface area contributed by atoms with Crippen molar-refractivity contribution in [3.63, 3.8) is 0 Å².